The Balaban J connectivity index is 1.73. The summed E-state index contributed by atoms with van der Waals surface area (Å²) in [5.74, 6) is 0.395. The smallest absolute Gasteiger partial charge is 0.235 e. The third kappa shape index (κ3) is 4.15. The molecule has 0 spiro atoms. The number of carbonyl (C=O) groups excluding carboxylic acids is 1. The third-order valence-corrected chi connectivity index (χ3v) is 5.52. The minimum Gasteiger partial charge on any atom is -0.396 e. The van der Waals surface area contributed by atoms with Crippen molar-refractivity contribution in [1.29, 1.82) is 0 Å². The molecule has 3 N–H and O–H groups in total. The molecule has 1 aliphatic heterocycles. The molecule has 1 aliphatic rings. The molecule has 0 aliphatic carbocycles. The van der Waals surface area contributed by atoms with Crippen molar-refractivity contribution in [2.45, 2.75) is 18.9 Å². The van der Waals surface area contributed by atoms with Gasteiger partial charge in [0.2, 0.25) is 11.9 Å². The number of fused-ring (bicyclic) bond motifs is 1. The zero-order valence-electron chi connectivity index (χ0n) is 16.3. The lowest BCUT2D eigenvalue weighted by molar-refractivity contribution is -0.119. The molecule has 0 radical (unpaired) electrons. The Morgan fingerprint density at radius 3 is 2.63 bits per heavy atom. The molecule has 7 nitrogen and oxygen atoms in total. The Labute approximate surface area is 183 Å². The molecule has 2 aromatic carbocycles. The van der Waals surface area contributed by atoms with Crippen molar-refractivity contribution in [3.05, 3.63) is 82.7 Å². The fourth-order valence-corrected chi connectivity index (χ4v) is 3.84. The summed E-state index contributed by atoms with van der Waals surface area (Å²) >= 11 is 3.47. The first kappa shape index (κ1) is 20.3. The van der Waals surface area contributed by atoms with Gasteiger partial charge in [0.25, 0.3) is 0 Å². The highest BCUT2D eigenvalue weighted by atomic mass is 79.9. The number of benzene rings is 2. The van der Waals surface area contributed by atoms with Gasteiger partial charge in [0, 0.05) is 28.9 Å². The van der Waals surface area contributed by atoms with E-state index in [-0.39, 0.29) is 12.5 Å². The second-order valence-electron chi connectivity index (χ2n) is 7.10. The number of nitrogens with one attached hydrogen (secondary N) is 2. The van der Waals surface area contributed by atoms with Gasteiger partial charge in [-0.3, -0.25) is 4.79 Å². The van der Waals surface area contributed by atoms with Crippen LogP contribution in [-0.4, -0.2) is 32.4 Å². The number of amides is 1. The molecule has 30 heavy (non-hydrogen) atoms. The number of carbonyl (C=O) groups is 1. The highest BCUT2D eigenvalue weighted by molar-refractivity contribution is 9.10. The standard InChI is InChI=1S/C22H22BrN5O2/c1-14-19(21(30)25-17-6-3-2-4-7-17)20(15-9-11-16(23)12-10-15)28-22(24-14)26-18(27-28)8-5-13-29/h2-4,6-7,9-12,19-20,29H,1,5,8,13H2,(H,25,30)(H,24,26,27)/t19-,20-/m1/s1. The van der Waals surface area contributed by atoms with Gasteiger partial charge in [0.1, 0.15) is 5.92 Å². The fourth-order valence-electron chi connectivity index (χ4n) is 3.58. The van der Waals surface area contributed by atoms with Crippen molar-refractivity contribution in [1.82, 2.24) is 14.8 Å². The highest BCUT2D eigenvalue weighted by Crippen LogP contribution is 2.38. The molecule has 4 rings (SSSR count). The molecule has 154 valence electrons. The molecule has 2 atom stereocenters. The number of para-hydroxylation sites is 1. The maximum atomic E-state index is 13.3. The lowest BCUT2D eigenvalue weighted by Crippen LogP contribution is -2.39. The van der Waals surface area contributed by atoms with Gasteiger partial charge in [0.15, 0.2) is 5.82 Å². The zero-order chi connectivity index (χ0) is 21.1. The van der Waals surface area contributed by atoms with Crippen LogP contribution in [0.2, 0.25) is 0 Å². The Morgan fingerprint density at radius 2 is 1.93 bits per heavy atom. The number of rotatable bonds is 6. The van der Waals surface area contributed by atoms with Crippen molar-refractivity contribution in [2.75, 3.05) is 17.2 Å². The first-order valence-corrected chi connectivity index (χ1v) is 10.5. The van der Waals surface area contributed by atoms with Gasteiger partial charge in [-0.1, -0.05) is 52.8 Å². The molecular formula is C22H22BrN5O2. The summed E-state index contributed by atoms with van der Waals surface area (Å²) in [4.78, 5) is 17.8. The van der Waals surface area contributed by atoms with Crippen LogP contribution in [0.15, 0.2) is 71.3 Å². The van der Waals surface area contributed by atoms with Crippen molar-refractivity contribution < 1.29 is 9.90 Å². The van der Waals surface area contributed by atoms with E-state index in [1.165, 1.54) is 0 Å². The number of hydrogen-bond donors (Lipinski definition) is 3. The van der Waals surface area contributed by atoms with Crippen molar-refractivity contribution >= 4 is 33.5 Å². The molecule has 0 saturated carbocycles. The molecule has 1 aromatic heterocycles. The van der Waals surface area contributed by atoms with Crippen LogP contribution in [0.4, 0.5) is 11.6 Å². The molecule has 3 aromatic rings. The lowest BCUT2D eigenvalue weighted by atomic mass is 9.88. The lowest BCUT2D eigenvalue weighted by Gasteiger charge is -2.33. The van der Waals surface area contributed by atoms with Gasteiger partial charge < -0.3 is 15.7 Å². The van der Waals surface area contributed by atoms with Crippen molar-refractivity contribution in [2.24, 2.45) is 5.92 Å². The van der Waals surface area contributed by atoms with Crippen LogP contribution in [0, 0.1) is 5.92 Å². The Hall–Kier alpha value is -2.97. The monoisotopic (exact) mass is 467 g/mol. The van der Waals surface area contributed by atoms with Crippen LogP contribution >= 0.6 is 15.9 Å². The summed E-state index contributed by atoms with van der Waals surface area (Å²) < 4.78 is 2.70. The van der Waals surface area contributed by atoms with Gasteiger partial charge in [-0.2, -0.15) is 10.1 Å². The maximum Gasteiger partial charge on any atom is 0.235 e. The summed E-state index contributed by atoms with van der Waals surface area (Å²) in [5, 5.41) is 19.9. The maximum absolute atomic E-state index is 13.3. The first-order chi connectivity index (χ1) is 14.6. The third-order valence-electron chi connectivity index (χ3n) is 5.00. The van der Waals surface area contributed by atoms with Gasteiger partial charge in [0.05, 0.1) is 6.04 Å². The molecule has 2 heterocycles. The van der Waals surface area contributed by atoms with E-state index in [2.05, 4.69) is 43.2 Å². The second-order valence-corrected chi connectivity index (χ2v) is 8.02. The van der Waals surface area contributed by atoms with Gasteiger partial charge in [-0.15, -0.1) is 0 Å². The van der Waals surface area contributed by atoms with Crippen LogP contribution in [0.3, 0.4) is 0 Å². The summed E-state index contributed by atoms with van der Waals surface area (Å²) in [6.07, 6.45) is 1.13. The van der Waals surface area contributed by atoms with Crippen LogP contribution in [0.1, 0.15) is 23.9 Å². The summed E-state index contributed by atoms with van der Waals surface area (Å²) in [7, 11) is 0. The molecular weight excluding hydrogens is 446 g/mol. The van der Waals surface area contributed by atoms with E-state index in [9.17, 15) is 4.79 Å². The summed E-state index contributed by atoms with van der Waals surface area (Å²) in [6, 6.07) is 16.8. The van der Waals surface area contributed by atoms with Gasteiger partial charge >= 0.3 is 0 Å². The van der Waals surface area contributed by atoms with Crippen LogP contribution < -0.4 is 10.6 Å². The molecule has 0 fully saturated rings. The number of aliphatic hydroxyl groups excluding tert-OH is 1. The SMILES string of the molecule is C=C1Nc2nc(CCCO)nn2[C@H](c2ccc(Br)cc2)[C@@H]1C(=O)Nc1ccccc1. The van der Waals surface area contributed by atoms with Gasteiger partial charge in [-0.05, 0) is 36.2 Å². The second kappa shape index (κ2) is 8.81. The van der Waals surface area contributed by atoms with Gasteiger partial charge in [-0.25, -0.2) is 4.68 Å². The topological polar surface area (TPSA) is 92.1 Å². The first-order valence-electron chi connectivity index (χ1n) is 9.70. The number of nitrogens with zero attached hydrogens (tertiary/aromatic N) is 3. The zero-order valence-corrected chi connectivity index (χ0v) is 17.8. The van der Waals surface area contributed by atoms with Crippen LogP contribution in [-0.2, 0) is 11.2 Å². The van der Waals surface area contributed by atoms with E-state index in [1.807, 2.05) is 54.6 Å². The van der Waals surface area contributed by atoms with Crippen molar-refractivity contribution in [3.8, 4) is 0 Å². The molecule has 0 unspecified atom stereocenters. The predicted molar refractivity (Wildman–Crippen MR) is 119 cm³/mol. The van der Waals surface area contributed by atoms with Crippen LogP contribution in [0.25, 0.3) is 0 Å². The van der Waals surface area contributed by atoms with E-state index in [0.29, 0.717) is 30.3 Å². The van der Waals surface area contributed by atoms with E-state index in [0.717, 1.165) is 15.7 Å². The van der Waals surface area contributed by atoms with E-state index < -0.39 is 12.0 Å². The van der Waals surface area contributed by atoms with E-state index in [1.54, 1.807) is 4.68 Å². The number of aryl methyl sites for hydroxylation is 1. The predicted octanol–water partition coefficient (Wildman–Crippen LogP) is 3.75. The van der Waals surface area contributed by atoms with Crippen molar-refractivity contribution in [3.63, 3.8) is 0 Å². The molecule has 0 bridgehead atoms. The molecule has 0 saturated heterocycles. The summed E-state index contributed by atoms with van der Waals surface area (Å²) in [6.45, 7) is 4.19. The van der Waals surface area contributed by atoms with E-state index >= 15 is 0 Å². The number of aromatic nitrogens is 3. The number of anilines is 2. The normalized spacial score (nSPS) is 17.9. The van der Waals surface area contributed by atoms with Crippen LogP contribution in [0.5, 0.6) is 0 Å². The minimum atomic E-state index is -0.591. The average molecular weight is 468 g/mol. The van der Waals surface area contributed by atoms with E-state index in [4.69, 9.17) is 5.11 Å². The largest absolute Gasteiger partial charge is 0.396 e. The number of halogens is 1. The number of aliphatic hydroxyl groups is 1. The fraction of sp³-hybridized carbons (Fsp3) is 0.227. The number of hydrogen-bond acceptors (Lipinski definition) is 5. The average Bonchev–Trinajstić information content (AvgIpc) is 3.15. The quantitative estimate of drug-likeness (QED) is 0.513. The minimum absolute atomic E-state index is 0.0717. The Bertz CT molecular complexity index is 1050. The Morgan fingerprint density at radius 1 is 1.20 bits per heavy atom. The molecule has 8 heteroatoms. The Kier molecular flexibility index (Phi) is 5.96. The molecule has 1 amide bonds. The summed E-state index contributed by atoms with van der Waals surface area (Å²) in [5.41, 5.74) is 2.21. The highest BCUT2D eigenvalue weighted by Gasteiger charge is 2.40.